The van der Waals surface area contributed by atoms with Crippen molar-refractivity contribution in [2.75, 3.05) is 0 Å². The van der Waals surface area contributed by atoms with Crippen molar-refractivity contribution in [1.82, 2.24) is 4.98 Å². The topological polar surface area (TPSA) is 76.5 Å². The van der Waals surface area contributed by atoms with Crippen LogP contribution in [0, 0.1) is 0 Å². The summed E-state index contributed by atoms with van der Waals surface area (Å²) in [4.78, 5) is 27.0. The number of carboxylic acids is 1. The Hall–Kier alpha value is -1.91. The van der Waals surface area contributed by atoms with E-state index in [-0.39, 0.29) is 11.1 Å². The van der Waals surface area contributed by atoms with E-state index in [9.17, 15) is 9.59 Å². The molecular weight excluding hydrogens is 234 g/mol. The number of carbonyl (C=O) groups is 2. The Morgan fingerprint density at radius 3 is 2.61 bits per heavy atom. The van der Waals surface area contributed by atoms with Crippen LogP contribution < -0.4 is 0 Å². The quantitative estimate of drug-likeness (QED) is 0.765. The van der Waals surface area contributed by atoms with E-state index in [2.05, 4.69) is 4.98 Å². The normalized spacial score (nSPS) is 22.2. The van der Waals surface area contributed by atoms with Gasteiger partial charge in [-0.3, -0.25) is 0 Å². The molecule has 5 heteroatoms. The average molecular weight is 247 g/mol. The molecule has 0 unspecified atom stereocenters. The third-order valence-corrected chi connectivity index (χ3v) is 4.04. The van der Waals surface area contributed by atoms with Crippen LogP contribution in [0.25, 0.3) is 0 Å². The van der Waals surface area contributed by atoms with Gasteiger partial charge in [0.1, 0.15) is 11.3 Å². The molecule has 3 rings (SSSR count). The number of nitrogens with zero attached hydrogens (tertiary/aromatic N) is 1. The lowest BCUT2D eigenvalue weighted by atomic mass is 9.79. The molecule has 0 atom stereocenters. The molecule has 2 aliphatic rings. The molecule has 1 aromatic rings. The van der Waals surface area contributed by atoms with Gasteiger partial charge in [0.05, 0.1) is 16.7 Å². The molecule has 0 radical (unpaired) electrons. The lowest BCUT2D eigenvalue weighted by Crippen LogP contribution is -2.46. The Morgan fingerprint density at radius 2 is 2.06 bits per heavy atom. The zero-order chi connectivity index (χ0) is 13.1. The van der Waals surface area contributed by atoms with Crippen molar-refractivity contribution < 1.29 is 19.4 Å². The first-order chi connectivity index (χ1) is 8.37. The summed E-state index contributed by atoms with van der Waals surface area (Å²) >= 11 is 0. The summed E-state index contributed by atoms with van der Waals surface area (Å²) in [6.45, 7) is 3.71. The number of rotatable bonds is 1. The molecule has 94 valence electrons. The standard InChI is InChI=1S/C13H13NO4/c1-12(2)13(5-6-13)9-7(11(17)18-12)3-4-8(14-9)10(15)16/h3-4H,5-6H2,1-2H3,(H,15,16). The van der Waals surface area contributed by atoms with Crippen LogP contribution in [0.15, 0.2) is 12.1 Å². The highest BCUT2D eigenvalue weighted by atomic mass is 16.6. The van der Waals surface area contributed by atoms with Gasteiger partial charge in [-0.1, -0.05) is 0 Å². The largest absolute Gasteiger partial charge is 0.477 e. The second-order valence-corrected chi connectivity index (χ2v) is 5.38. The fourth-order valence-electron chi connectivity index (χ4n) is 2.74. The number of fused-ring (bicyclic) bond motifs is 2. The fraction of sp³-hybridized carbons (Fsp3) is 0.462. The van der Waals surface area contributed by atoms with Gasteiger partial charge in [-0.2, -0.15) is 0 Å². The minimum absolute atomic E-state index is 0.0227. The number of ether oxygens (including phenoxy) is 1. The molecule has 1 spiro atoms. The van der Waals surface area contributed by atoms with Crippen LogP contribution >= 0.6 is 0 Å². The Kier molecular flexibility index (Phi) is 1.93. The lowest BCUT2D eigenvalue weighted by Gasteiger charge is -2.39. The van der Waals surface area contributed by atoms with Gasteiger partial charge in [-0.15, -0.1) is 0 Å². The highest BCUT2D eigenvalue weighted by molar-refractivity contribution is 5.94. The van der Waals surface area contributed by atoms with Crippen molar-refractivity contribution in [3.63, 3.8) is 0 Å². The second kappa shape index (κ2) is 3.10. The maximum Gasteiger partial charge on any atom is 0.354 e. The molecule has 5 nitrogen and oxygen atoms in total. The maximum absolute atomic E-state index is 11.9. The Morgan fingerprint density at radius 1 is 1.39 bits per heavy atom. The van der Waals surface area contributed by atoms with Gasteiger partial charge in [-0.25, -0.2) is 14.6 Å². The van der Waals surface area contributed by atoms with Crippen LogP contribution in [0.1, 0.15) is 53.2 Å². The molecule has 18 heavy (non-hydrogen) atoms. The van der Waals surface area contributed by atoms with E-state index in [0.29, 0.717) is 11.3 Å². The highest BCUT2D eigenvalue weighted by Gasteiger charge is 2.63. The molecular formula is C13H13NO4. The van der Waals surface area contributed by atoms with E-state index in [1.54, 1.807) is 0 Å². The third-order valence-electron chi connectivity index (χ3n) is 4.04. The van der Waals surface area contributed by atoms with Crippen molar-refractivity contribution >= 4 is 11.9 Å². The van der Waals surface area contributed by atoms with E-state index in [1.165, 1.54) is 12.1 Å². The molecule has 0 amide bonds. The van der Waals surface area contributed by atoms with Crippen molar-refractivity contribution in [2.24, 2.45) is 0 Å². The van der Waals surface area contributed by atoms with E-state index >= 15 is 0 Å². The number of cyclic esters (lactones) is 1. The molecule has 1 aliphatic carbocycles. The molecule has 1 N–H and O–H groups in total. The first-order valence-corrected chi connectivity index (χ1v) is 5.86. The summed E-state index contributed by atoms with van der Waals surface area (Å²) in [5.41, 5.74) is 0.0362. The van der Waals surface area contributed by atoms with E-state index in [4.69, 9.17) is 9.84 Å². The number of carbonyl (C=O) groups excluding carboxylic acids is 1. The Balaban J connectivity index is 2.23. The van der Waals surface area contributed by atoms with Gasteiger partial charge in [0.15, 0.2) is 0 Å². The highest BCUT2D eigenvalue weighted by Crippen LogP contribution is 2.59. The Labute approximate surface area is 104 Å². The first-order valence-electron chi connectivity index (χ1n) is 5.86. The van der Waals surface area contributed by atoms with E-state index < -0.39 is 17.5 Å². The summed E-state index contributed by atoms with van der Waals surface area (Å²) in [5, 5.41) is 8.99. The Bertz CT molecular complexity index is 572. The first kappa shape index (κ1) is 11.2. The average Bonchev–Trinajstić information content (AvgIpc) is 3.07. The van der Waals surface area contributed by atoms with Crippen molar-refractivity contribution in [2.45, 2.75) is 37.7 Å². The number of aromatic nitrogens is 1. The molecule has 1 aromatic heterocycles. The molecule has 0 aromatic carbocycles. The van der Waals surface area contributed by atoms with Crippen LogP contribution in [0.3, 0.4) is 0 Å². The molecule has 2 heterocycles. The molecule has 0 saturated heterocycles. The second-order valence-electron chi connectivity index (χ2n) is 5.38. The zero-order valence-electron chi connectivity index (χ0n) is 10.2. The summed E-state index contributed by atoms with van der Waals surface area (Å²) in [5.74, 6) is -1.50. The molecule has 1 aliphatic heterocycles. The van der Waals surface area contributed by atoms with E-state index in [0.717, 1.165) is 12.8 Å². The van der Waals surface area contributed by atoms with Gasteiger partial charge in [0, 0.05) is 0 Å². The van der Waals surface area contributed by atoms with Crippen LogP contribution in [-0.4, -0.2) is 27.6 Å². The zero-order valence-corrected chi connectivity index (χ0v) is 10.2. The molecule has 0 bridgehead atoms. The smallest absolute Gasteiger partial charge is 0.354 e. The van der Waals surface area contributed by atoms with E-state index in [1.807, 2.05) is 13.8 Å². The molecule has 1 fully saturated rings. The van der Waals surface area contributed by atoms with Crippen molar-refractivity contribution in [1.29, 1.82) is 0 Å². The van der Waals surface area contributed by atoms with Gasteiger partial charge in [0.2, 0.25) is 0 Å². The predicted octanol–water partition coefficient (Wildman–Crippen LogP) is 1.76. The number of pyridine rings is 1. The minimum Gasteiger partial charge on any atom is -0.477 e. The third kappa shape index (κ3) is 1.24. The van der Waals surface area contributed by atoms with Crippen molar-refractivity contribution in [3.05, 3.63) is 29.1 Å². The number of esters is 1. The van der Waals surface area contributed by atoms with Gasteiger partial charge in [0.25, 0.3) is 0 Å². The predicted molar refractivity (Wildman–Crippen MR) is 61.6 cm³/mol. The van der Waals surface area contributed by atoms with Crippen LogP contribution in [0.5, 0.6) is 0 Å². The van der Waals surface area contributed by atoms with Crippen LogP contribution in [0.4, 0.5) is 0 Å². The summed E-state index contributed by atoms with van der Waals surface area (Å²) in [7, 11) is 0. The van der Waals surface area contributed by atoms with Crippen molar-refractivity contribution in [3.8, 4) is 0 Å². The van der Waals surface area contributed by atoms with Gasteiger partial charge in [-0.05, 0) is 38.8 Å². The molecule has 1 saturated carbocycles. The summed E-state index contributed by atoms with van der Waals surface area (Å²) in [6.07, 6.45) is 1.74. The minimum atomic E-state index is -1.08. The number of aromatic carboxylic acids is 1. The monoisotopic (exact) mass is 247 g/mol. The number of hydrogen-bond donors (Lipinski definition) is 1. The number of hydrogen-bond acceptors (Lipinski definition) is 4. The van der Waals surface area contributed by atoms with Gasteiger partial charge >= 0.3 is 11.9 Å². The lowest BCUT2D eigenvalue weighted by molar-refractivity contribution is -0.0286. The maximum atomic E-state index is 11.9. The summed E-state index contributed by atoms with van der Waals surface area (Å²) in [6, 6.07) is 2.85. The number of carboxylic acid groups (broad SMARTS) is 1. The van der Waals surface area contributed by atoms with Crippen LogP contribution in [0.2, 0.25) is 0 Å². The van der Waals surface area contributed by atoms with Crippen LogP contribution in [-0.2, 0) is 10.2 Å². The SMILES string of the molecule is CC1(C)OC(=O)c2ccc(C(=O)O)nc2C12CC2. The van der Waals surface area contributed by atoms with Gasteiger partial charge < -0.3 is 9.84 Å². The summed E-state index contributed by atoms with van der Waals surface area (Å²) < 4.78 is 5.45. The fourth-order valence-corrected chi connectivity index (χ4v) is 2.74.